The molecule has 0 saturated carbocycles. The highest BCUT2D eigenvalue weighted by Crippen LogP contribution is 2.18. The van der Waals surface area contributed by atoms with Crippen LogP contribution in [0.2, 0.25) is 0 Å². The summed E-state index contributed by atoms with van der Waals surface area (Å²) < 4.78 is 3.23. The van der Waals surface area contributed by atoms with E-state index in [0.29, 0.717) is 32.5 Å². The summed E-state index contributed by atoms with van der Waals surface area (Å²) in [5, 5.41) is 9.60. The van der Waals surface area contributed by atoms with Crippen LogP contribution in [-0.4, -0.2) is 31.8 Å². The van der Waals surface area contributed by atoms with Crippen molar-refractivity contribution in [1.29, 1.82) is 0 Å². The first-order valence-corrected chi connectivity index (χ1v) is 10.4. The van der Waals surface area contributed by atoms with Crippen molar-refractivity contribution in [3.05, 3.63) is 68.8 Å². The lowest BCUT2D eigenvalue weighted by molar-refractivity contribution is -0.125. The van der Waals surface area contributed by atoms with E-state index in [1.807, 2.05) is 23.6 Å². The molecule has 8 heteroatoms. The van der Waals surface area contributed by atoms with E-state index in [1.54, 1.807) is 28.3 Å². The van der Waals surface area contributed by atoms with Gasteiger partial charge in [-0.05, 0) is 48.4 Å². The lowest BCUT2D eigenvalue weighted by Crippen LogP contribution is -2.33. The number of thiophene rings is 1. The third kappa shape index (κ3) is 4.22. The molecule has 0 spiro atoms. The lowest BCUT2D eigenvalue weighted by atomic mass is 9.99. The van der Waals surface area contributed by atoms with Crippen molar-refractivity contribution in [3.63, 3.8) is 0 Å². The van der Waals surface area contributed by atoms with Crippen LogP contribution in [0.4, 0.5) is 0 Å². The van der Waals surface area contributed by atoms with E-state index in [-0.39, 0.29) is 17.5 Å². The number of hydrogen-bond donors (Lipinski definition) is 1. The third-order valence-electron chi connectivity index (χ3n) is 5.12. The molecule has 1 atom stereocenters. The van der Waals surface area contributed by atoms with E-state index in [1.165, 1.54) is 9.56 Å². The predicted molar refractivity (Wildman–Crippen MR) is 107 cm³/mol. The van der Waals surface area contributed by atoms with Gasteiger partial charge in [-0.15, -0.1) is 11.3 Å². The van der Waals surface area contributed by atoms with Crippen LogP contribution in [0.15, 0.2) is 46.8 Å². The fraction of sp³-hybridized carbons (Fsp3) is 0.400. The largest absolute Gasteiger partial charge is 0.356 e. The molecule has 0 saturated heterocycles. The van der Waals surface area contributed by atoms with E-state index in [0.717, 1.165) is 24.2 Å². The Morgan fingerprint density at radius 2 is 2.11 bits per heavy atom. The first kappa shape index (κ1) is 18.6. The minimum atomic E-state index is -0.106. The number of carbonyl (C=O) groups excluding carboxylic acids is 1. The summed E-state index contributed by atoms with van der Waals surface area (Å²) in [6.07, 6.45) is 6.31. The number of carbonyl (C=O) groups is 1. The molecular formula is C20H23N5O2S. The number of hydrogen-bond acceptors (Lipinski definition) is 5. The third-order valence-corrected chi connectivity index (χ3v) is 6.06. The van der Waals surface area contributed by atoms with Gasteiger partial charge >= 0.3 is 5.69 Å². The second kappa shape index (κ2) is 8.52. The molecule has 4 rings (SSSR count). The van der Waals surface area contributed by atoms with E-state index >= 15 is 0 Å². The Morgan fingerprint density at radius 3 is 2.89 bits per heavy atom. The summed E-state index contributed by atoms with van der Waals surface area (Å²) in [7, 11) is 0. The maximum absolute atomic E-state index is 12.7. The minimum absolute atomic E-state index is 0.0712. The Labute approximate surface area is 167 Å². The fourth-order valence-corrected chi connectivity index (χ4v) is 4.27. The molecule has 0 aliphatic carbocycles. The number of pyridine rings is 1. The van der Waals surface area contributed by atoms with Crippen molar-refractivity contribution in [2.45, 2.75) is 38.8 Å². The Hall–Kier alpha value is -2.74. The number of nitrogens with one attached hydrogen (secondary N) is 1. The Balaban J connectivity index is 1.35. The van der Waals surface area contributed by atoms with Crippen LogP contribution < -0.4 is 11.0 Å². The van der Waals surface area contributed by atoms with Gasteiger partial charge in [-0.3, -0.25) is 14.3 Å². The molecule has 146 valence electrons. The van der Waals surface area contributed by atoms with Gasteiger partial charge < -0.3 is 5.32 Å². The van der Waals surface area contributed by atoms with E-state index in [9.17, 15) is 9.59 Å². The second-order valence-corrected chi connectivity index (χ2v) is 8.04. The Kier molecular flexibility index (Phi) is 5.66. The molecule has 0 radical (unpaired) electrons. The van der Waals surface area contributed by atoms with Crippen molar-refractivity contribution < 1.29 is 4.79 Å². The van der Waals surface area contributed by atoms with Crippen LogP contribution in [0.5, 0.6) is 0 Å². The van der Waals surface area contributed by atoms with Gasteiger partial charge in [-0.1, -0.05) is 6.07 Å². The monoisotopic (exact) mass is 397 g/mol. The highest BCUT2D eigenvalue weighted by molar-refractivity contribution is 7.09. The Morgan fingerprint density at radius 1 is 1.25 bits per heavy atom. The topological polar surface area (TPSA) is 81.8 Å². The average Bonchev–Trinajstić information content (AvgIpc) is 3.26. The van der Waals surface area contributed by atoms with Gasteiger partial charge in [0.2, 0.25) is 5.91 Å². The Bertz CT molecular complexity index is 978. The van der Waals surface area contributed by atoms with Crippen molar-refractivity contribution in [1.82, 2.24) is 24.6 Å². The number of aryl methyl sites for hydroxylation is 1. The van der Waals surface area contributed by atoms with Crippen LogP contribution >= 0.6 is 11.3 Å². The molecule has 28 heavy (non-hydrogen) atoms. The van der Waals surface area contributed by atoms with Crippen molar-refractivity contribution >= 4 is 17.2 Å². The molecule has 3 aromatic rings. The zero-order valence-corrected chi connectivity index (χ0v) is 16.4. The van der Waals surface area contributed by atoms with Gasteiger partial charge in [0.25, 0.3) is 0 Å². The smallest absolute Gasteiger partial charge is 0.346 e. The molecule has 0 bridgehead atoms. The van der Waals surface area contributed by atoms with Gasteiger partial charge in [-0.2, -0.15) is 5.10 Å². The SMILES string of the molecule is O=C(NCCc1cccs1)C1CCc2nn(Cc3ccncc3)c(=O)n2CC1. The zero-order valence-electron chi connectivity index (χ0n) is 15.6. The second-order valence-electron chi connectivity index (χ2n) is 7.01. The van der Waals surface area contributed by atoms with Crippen LogP contribution in [0.1, 0.15) is 29.1 Å². The maximum Gasteiger partial charge on any atom is 0.346 e. The van der Waals surface area contributed by atoms with E-state index < -0.39 is 0 Å². The molecule has 4 heterocycles. The number of aromatic nitrogens is 4. The molecule has 1 unspecified atom stereocenters. The van der Waals surface area contributed by atoms with Crippen LogP contribution in [0, 0.1) is 5.92 Å². The molecule has 7 nitrogen and oxygen atoms in total. The normalized spacial score (nSPS) is 16.4. The first-order chi connectivity index (χ1) is 13.7. The molecule has 1 aliphatic rings. The van der Waals surface area contributed by atoms with Crippen LogP contribution in [0.3, 0.4) is 0 Å². The zero-order chi connectivity index (χ0) is 19.3. The quantitative estimate of drug-likeness (QED) is 0.688. The standard InChI is InChI=1S/C20H23N5O2S/c26-19(22-11-7-17-2-1-13-28-17)16-3-4-18-23-25(20(27)24(18)12-8-16)14-15-5-9-21-10-6-15/h1-2,5-6,9-10,13,16H,3-4,7-8,11-12,14H2,(H,22,26). The number of fused-ring (bicyclic) bond motifs is 1. The summed E-state index contributed by atoms with van der Waals surface area (Å²) in [4.78, 5) is 30.5. The number of amides is 1. The summed E-state index contributed by atoms with van der Waals surface area (Å²) in [5.74, 6) is 0.783. The summed E-state index contributed by atoms with van der Waals surface area (Å²) in [6.45, 7) is 1.63. The number of rotatable bonds is 6. The molecular weight excluding hydrogens is 374 g/mol. The van der Waals surface area contributed by atoms with Gasteiger partial charge in [0, 0.05) is 42.7 Å². The first-order valence-electron chi connectivity index (χ1n) is 9.56. The summed E-state index contributed by atoms with van der Waals surface area (Å²) in [5.41, 5.74) is 0.888. The average molecular weight is 398 g/mol. The highest BCUT2D eigenvalue weighted by Gasteiger charge is 2.25. The van der Waals surface area contributed by atoms with Crippen LogP contribution in [-0.2, 0) is 30.7 Å². The van der Waals surface area contributed by atoms with Crippen molar-refractivity contribution in [2.75, 3.05) is 6.54 Å². The molecule has 1 aliphatic heterocycles. The van der Waals surface area contributed by atoms with Gasteiger partial charge in [0.05, 0.1) is 6.54 Å². The van der Waals surface area contributed by atoms with Gasteiger partial charge in [-0.25, -0.2) is 9.48 Å². The maximum atomic E-state index is 12.7. The molecule has 0 fully saturated rings. The minimum Gasteiger partial charge on any atom is -0.356 e. The summed E-state index contributed by atoms with van der Waals surface area (Å²) in [6, 6.07) is 7.87. The van der Waals surface area contributed by atoms with Gasteiger partial charge in [0.15, 0.2) is 0 Å². The van der Waals surface area contributed by atoms with Crippen LogP contribution in [0.25, 0.3) is 0 Å². The van der Waals surface area contributed by atoms with E-state index in [4.69, 9.17) is 0 Å². The predicted octanol–water partition coefficient (Wildman–Crippen LogP) is 1.86. The molecule has 0 aromatic carbocycles. The lowest BCUT2D eigenvalue weighted by Gasteiger charge is -2.13. The van der Waals surface area contributed by atoms with Crippen molar-refractivity contribution in [3.8, 4) is 0 Å². The van der Waals surface area contributed by atoms with Crippen molar-refractivity contribution in [2.24, 2.45) is 5.92 Å². The molecule has 1 amide bonds. The number of nitrogens with zero attached hydrogens (tertiary/aromatic N) is 4. The van der Waals surface area contributed by atoms with Gasteiger partial charge in [0.1, 0.15) is 5.82 Å². The van der Waals surface area contributed by atoms with E-state index in [2.05, 4.69) is 21.5 Å². The highest BCUT2D eigenvalue weighted by atomic mass is 32.1. The fourth-order valence-electron chi connectivity index (χ4n) is 3.56. The molecule has 1 N–H and O–H groups in total. The summed E-state index contributed by atoms with van der Waals surface area (Å²) >= 11 is 1.71. The molecule has 3 aromatic heterocycles.